The van der Waals surface area contributed by atoms with Crippen molar-refractivity contribution in [3.63, 3.8) is 0 Å². The Bertz CT molecular complexity index is 875. The van der Waals surface area contributed by atoms with Crippen molar-refractivity contribution in [2.45, 2.75) is 52.6 Å². The number of rotatable bonds is 6. The van der Waals surface area contributed by atoms with Crippen LogP contribution in [0.3, 0.4) is 0 Å². The fraction of sp³-hybridized carbons (Fsp3) is 0.391. The van der Waals surface area contributed by atoms with Crippen LogP contribution < -0.4 is 10.1 Å². The number of hydrogen-bond acceptors (Lipinski definition) is 4. The lowest BCUT2D eigenvalue weighted by molar-refractivity contribution is -0.122. The Morgan fingerprint density at radius 3 is 2.54 bits per heavy atom. The van der Waals surface area contributed by atoms with Gasteiger partial charge in [0, 0.05) is 5.69 Å². The number of carbonyl (C=O) groups excluding carboxylic acids is 2. The van der Waals surface area contributed by atoms with Crippen LogP contribution >= 0.6 is 0 Å². The summed E-state index contributed by atoms with van der Waals surface area (Å²) in [4.78, 5) is 24.4. The molecule has 0 fully saturated rings. The fourth-order valence-electron chi connectivity index (χ4n) is 3.42. The van der Waals surface area contributed by atoms with Crippen molar-refractivity contribution in [2.75, 3.05) is 11.9 Å². The third-order valence-corrected chi connectivity index (χ3v) is 5.00. The molecule has 148 valence electrons. The highest BCUT2D eigenvalue weighted by Crippen LogP contribution is 2.26. The molecule has 0 aliphatic heterocycles. The largest absolute Gasteiger partial charge is 0.481 e. The van der Waals surface area contributed by atoms with E-state index in [0.717, 1.165) is 24.2 Å². The highest BCUT2D eigenvalue weighted by Gasteiger charge is 2.18. The van der Waals surface area contributed by atoms with Gasteiger partial charge in [-0.15, -0.1) is 0 Å². The van der Waals surface area contributed by atoms with E-state index in [2.05, 4.69) is 17.4 Å². The molecule has 5 heteroatoms. The number of anilines is 1. The van der Waals surface area contributed by atoms with Gasteiger partial charge in [-0.25, -0.2) is 4.79 Å². The Kier molecular flexibility index (Phi) is 6.34. The normalized spacial score (nSPS) is 14.0. The van der Waals surface area contributed by atoms with E-state index < -0.39 is 6.10 Å². The van der Waals surface area contributed by atoms with E-state index in [-0.39, 0.29) is 11.9 Å². The first-order valence-electron chi connectivity index (χ1n) is 9.85. The van der Waals surface area contributed by atoms with E-state index in [0.29, 0.717) is 17.9 Å². The first-order chi connectivity index (χ1) is 13.5. The maximum Gasteiger partial charge on any atom is 0.338 e. The number of hydrogen-bond donors (Lipinski definition) is 1. The third-order valence-electron chi connectivity index (χ3n) is 5.00. The molecule has 3 rings (SSSR count). The Morgan fingerprint density at radius 2 is 1.82 bits per heavy atom. The highest BCUT2D eigenvalue weighted by atomic mass is 16.5. The predicted molar refractivity (Wildman–Crippen MR) is 109 cm³/mol. The molecule has 0 aromatic heterocycles. The first kappa shape index (κ1) is 19.9. The van der Waals surface area contributed by atoms with Gasteiger partial charge in [0.25, 0.3) is 5.91 Å². The van der Waals surface area contributed by atoms with Crippen LogP contribution in [0.5, 0.6) is 5.75 Å². The summed E-state index contributed by atoms with van der Waals surface area (Å²) in [6.45, 7) is 5.67. The number of esters is 1. The molecule has 0 radical (unpaired) electrons. The van der Waals surface area contributed by atoms with E-state index in [9.17, 15) is 9.59 Å². The number of carbonyl (C=O) groups is 2. The first-order valence-corrected chi connectivity index (χ1v) is 9.85. The Morgan fingerprint density at radius 1 is 1.07 bits per heavy atom. The van der Waals surface area contributed by atoms with Gasteiger partial charge in [-0.05, 0) is 93.5 Å². The SMILES string of the molecule is CCOC(=O)c1ccc(NC(=O)[C@@H](C)Oc2ccc3c(c2)CCCC3)c(C)c1. The molecule has 1 N–H and O–H groups in total. The monoisotopic (exact) mass is 381 g/mol. The van der Waals surface area contributed by atoms with Gasteiger partial charge >= 0.3 is 5.97 Å². The van der Waals surface area contributed by atoms with Gasteiger partial charge in [0.15, 0.2) is 6.10 Å². The summed E-state index contributed by atoms with van der Waals surface area (Å²) < 4.78 is 10.9. The van der Waals surface area contributed by atoms with Crippen molar-refractivity contribution >= 4 is 17.6 Å². The lowest BCUT2D eigenvalue weighted by Gasteiger charge is -2.19. The second-order valence-corrected chi connectivity index (χ2v) is 7.14. The maximum atomic E-state index is 12.6. The van der Waals surface area contributed by atoms with Crippen LogP contribution in [-0.2, 0) is 22.4 Å². The fourth-order valence-corrected chi connectivity index (χ4v) is 3.42. The number of benzene rings is 2. The second-order valence-electron chi connectivity index (χ2n) is 7.14. The third kappa shape index (κ3) is 4.71. The molecule has 0 saturated carbocycles. The zero-order valence-corrected chi connectivity index (χ0v) is 16.7. The molecule has 0 saturated heterocycles. The molecule has 0 unspecified atom stereocenters. The number of aryl methyl sites for hydroxylation is 3. The minimum absolute atomic E-state index is 0.232. The zero-order chi connectivity index (χ0) is 20.1. The molecule has 28 heavy (non-hydrogen) atoms. The maximum absolute atomic E-state index is 12.6. The molecular formula is C23H27NO4. The van der Waals surface area contributed by atoms with Gasteiger partial charge in [-0.3, -0.25) is 4.79 Å². The van der Waals surface area contributed by atoms with Gasteiger partial charge < -0.3 is 14.8 Å². The van der Waals surface area contributed by atoms with Crippen molar-refractivity contribution in [3.05, 3.63) is 58.7 Å². The van der Waals surface area contributed by atoms with Crippen LogP contribution in [-0.4, -0.2) is 24.6 Å². The average molecular weight is 381 g/mol. The molecule has 5 nitrogen and oxygen atoms in total. The Balaban J connectivity index is 1.63. The van der Waals surface area contributed by atoms with Crippen molar-refractivity contribution < 1.29 is 19.1 Å². The van der Waals surface area contributed by atoms with Gasteiger partial charge in [0.2, 0.25) is 0 Å². The molecule has 1 atom stereocenters. The van der Waals surface area contributed by atoms with E-state index in [4.69, 9.17) is 9.47 Å². The van der Waals surface area contributed by atoms with E-state index in [1.165, 1.54) is 24.0 Å². The molecule has 2 aromatic rings. The van der Waals surface area contributed by atoms with Gasteiger partial charge in [0.05, 0.1) is 12.2 Å². The highest BCUT2D eigenvalue weighted by molar-refractivity contribution is 5.96. The minimum Gasteiger partial charge on any atom is -0.481 e. The number of nitrogens with one attached hydrogen (secondary N) is 1. The Labute approximate surface area is 166 Å². The molecule has 1 aliphatic rings. The lowest BCUT2D eigenvalue weighted by Crippen LogP contribution is -2.30. The van der Waals surface area contributed by atoms with Gasteiger partial charge in [0.1, 0.15) is 5.75 Å². The van der Waals surface area contributed by atoms with E-state index in [1.807, 2.05) is 13.0 Å². The van der Waals surface area contributed by atoms with Crippen molar-refractivity contribution in [1.29, 1.82) is 0 Å². The smallest absolute Gasteiger partial charge is 0.338 e. The van der Waals surface area contributed by atoms with E-state index in [1.54, 1.807) is 32.0 Å². The summed E-state index contributed by atoms with van der Waals surface area (Å²) in [5, 5.41) is 2.87. The van der Waals surface area contributed by atoms with Crippen LogP contribution in [0.2, 0.25) is 0 Å². The summed E-state index contributed by atoms with van der Waals surface area (Å²) in [5.74, 6) is 0.120. The molecule has 2 aromatic carbocycles. The van der Waals surface area contributed by atoms with Crippen molar-refractivity contribution in [3.8, 4) is 5.75 Å². The standard InChI is InChI=1S/C23H27NO4/c1-4-27-23(26)19-10-12-21(15(2)13-19)24-22(25)16(3)28-20-11-9-17-7-5-6-8-18(17)14-20/h9-14,16H,4-8H2,1-3H3,(H,24,25)/t16-/m1/s1. The second kappa shape index (κ2) is 8.91. The van der Waals surface area contributed by atoms with Crippen molar-refractivity contribution in [1.82, 2.24) is 0 Å². The van der Waals surface area contributed by atoms with Gasteiger partial charge in [-0.1, -0.05) is 6.07 Å². The summed E-state index contributed by atoms with van der Waals surface area (Å²) in [6.07, 6.45) is 3.99. The van der Waals surface area contributed by atoms with Crippen LogP contribution in [0, 0.1) is 6.92 Å². The lowest BCUT2D eigenvalue weighted by atomic mass is 9.92. The number of ether oxygens (including phenoxy) is 2. The van der Waals surface area contributed by atoms with Crippen LogP contribution in [0.15, 0.2) is 36.4 Å². The van der Waals surface area contributed by atoms with Crippen molar-refractivity contribution in [2.24, 2.45) is 0 Å². The summed E-state index contributed by atoms with van der Waals surface area (Å²) in [7, 11) is 0. The van der Waals surface area contributed by atoms with Crippen LogP contribution in [0.25, 0.3) is 0 Å². The topological polar surface area (TPSA) is 64.6 Å². The quantitative estimate of drug-likeness (QED) is 0.751. The molecule has 0 heterocycles. The average Bonchev–Trinajstić information content (AvgIpc) is 2.69. The molecule has 0 bridgehead atoms. The van der Waals surface area contributed by atoms with Crippen LogP contribution in [0.4, 0.5) is 5.69 Å². The summed E-state index contributed by atoms with van der Waals surface area (Å²) >= 11 is 0. The van der Waals surface area contributed by atoms with Crippen LogP contribution in [0.1, 0.15) is 53.7 Å². The number of amides is 1. The minimum atomic E-state index is -0.634. The van der Waals surface area contributed by atoms with E-state index >= 15 is 0 Å². The zero-order valence-electron chi connectivity index (χ0n) is 16.7. The van der Waals surface area contributed by atoms with Gasteiger partial charge in [-0.2, -0.15) is 0 Å². The Hall–Kier alpha value is -2.82. The summed E-state index contributed by atoms with van der Waals surface area (Å²) in [6, 6.07) is 11.2. The number of fused-ring (bicyclic) bond motifs is 1. The molecule has 1 amide bonds. The molecule has 1 aliphatic carbocycles. The summed E-state index contributed by atoms with van der Waals surface area (Å²) in [5.41, 5.74) is 4.62. The molecular weight excluding hydrogens is 354 g/mol. The predicted octanol–water partition coefficient (Wildman–Crippen LogP) is 4.46. The molecule has 0 spiro atoms.